The predicted molar refractivity (Wildman–Crippen MR) is 80.4 cm³/mol. The second-order valence-corrected chi connectivity index (χ2v) is 6.44. The monoisotopic (exact) mass is 304 g/mol. The van der Waals surface area contributed by atoms with Crippen LogP contribution in [-0.2, 0) is 9.59 Å². The minimum atomic E-state index is -0.261. The van der Waals surface area contributed by atoms with Crippen molar-refractivity contribution in [2.45, 2.75) is 31.6 Å². The Balaban J connectivity index is 1.52. The molecular weight excluding hydrogens is 283 g/mol. The van der Waals surface area contributed by atoms with Gasteiger partial charge in [-0.05, 0) is 48.8 Å². The Kier molecular flexibility index (Phi) is 4.14. The number of rotatable bonds is 4. The maximum atomic E-state index is 12.9. The Labute approximate surface area is 129 Å². The van der Waals surface area contributed by atoms with Crippen LogP contribution in [0.15, 0.2) is 24.3 Å². The van der Waals surface area contributed by atoms with Crippen LogP contribution in [0.25, 0.3) is 0 Å². The van der Waals surface area contributed by atoms with Gasteiger partial charge in [0.25, 0.3) is 0 Å². The van der Waals surface area contributed by atoms with Crippen LogP contribution in [0.1, 0.15) is 37.2 Å². The number of primary amides is 1. The van der Waals surface area contributed by atoms with Crippen LogP contribution >= 0.6 is 0 Å². The maximum Gasteiger partial charge on any atom is 0.226 e. The number of carbonyl (C=O) groups is 2. The van der Waals surface area contributed by atoms with Gasteiger partial charge in [-0.15, -0.1) is 0 Å². The van der Waals surface area contributed by atoms with Crippen LogP contribution in [-0.4, -0.2) is 29.8 Å². The lowest BCUT2D eigenvalue weighted by atomic mass is 9.93. The molecule has 3 rings (SSSR count). The van der Waals surface area contributed by atoms with Crippen molar-refractivity contribution in [3.8, 4) is 0 Å². The number of nitrogens with zero attached hydrogens (tertiary/aromatic N) is 1. The molecule has 22 heavy (non-hydrogen) atoms. The molecule has 1 aliphatic carbocycles. The molecule has 0 bridgehead atoms. The lowest BCUT2D eigenvalue weighted by molar-refractivity contribution is -0.134. The molecule has 1 heterocycles. The number of likely N-dealkylation sites (tertiary alicyclic amines) is 1. The number of benzene rings is 1. The minimum Gasteiger partial charge on any atom is -0.370 e. The average molecular weight is 304 g/mol. The molecule has 4 nitrogen and oxygen atoms in total. The van der Waals surface area contributed by atoms with E-state index in [4.69, 9.17) is 5.73 Å². The fourth-order valence-corrected chi connectivity index (χ4v) is 3.42. The summed E-state index contributed by atoms with van der Waals surface area (Å²) in [7, 11) is 0. The van der Waals surface area contributed by atoms with Gasteiger partial charge >= 0.3 is 0 Å². The fraction of sp³-hybridized carbons (Fsp3) is 0.529. The van der Waals surface area contributed by atoms with E-state index in [9.17, 15) is 14.0 Å². The summed E-state index contributed by atoms with van der Waals surface area (Å²) in [6, 6.07) is 6.44. The van der Waals surface area contributed by atoms with Crippen molar-refractivity contribution in [2.75, 3.05) is 13.1 Å². The number of piperidine rings is 1. The first kappa shape index (κ1) is 15.0. The standard InChI is InChI=1S/C17H21FN2O2/c18-13-3-1-12(2-4-13)14-10-15(14)17(22)20-7-5-11(6-8-20)9-16(19)21/h1-4,11,14-15H,5-10H2,(H2,19,21)/t14-,15+/m1/s1. The lowest BCUT2D eigenvalue weighted by Gasteiger charge is -2.31. The van der Waals surface area contributed by atoms with Crippen LogP contribution in [0.3, 0.4) is 0 Å². The highest BCUT2D eigenvalue weighted by molar-refractivity contribution is 5.83. The molecule has 2 atom stereocenters. The van der Waals surface area contributed by atoms with Crippen molar-refractivity contribution in [3.63, 3.8) is 0 Å². The lowest BCUT2D eigenvalue weighted by Crippen LogP contribution is -2.40. The second kappa shape index (κ2) is 6.07. The van der Waals surface area contributed by atoms with Gasteiger partial charge in [0.1, 0.15) is 5.82 Å². The summed E-state index contributed by atoms with van der Waals surface area (Å²) < 4.78 is 12.9. The number of hydrogen-bond donors (Lipinski definition) is 1. The molecule has 2 aliphatic rings. The molecule has 0 radical (unpaired) electrons. The number of halogens is 1. The molecule has 1 aromatic rings. The van der Waals surface area contributed by atoms with Crippen LogP contribution in [0.2, 0.25) is 0 Å². The number of hydrogen-bond acceptors (Lipinski definition) is 2. The zero-order chi connectivity index (χ0) is 15.7. The van der Waals surface area contributed by atoms with E-state index in [-0.39, 0.29) is 29.5 Å². The summed E-state index contributed by atoms with van der Waals surface area (Å²) in [6.45, 7) is 1.42. The van der Waals surface area contributed by atoms with Crippen molar-refractivity contribution in [1.82, 2.24) is 4.90 Å². The molecule has 0 aromatic heterocycles. The van der Waals surface area contributed by atoms with Gasteiger partial charge in [-0.3, -0.25) is 9.59 Å². The van der Waals surface area contributed by atoms with E-state index in [2.05, 4.69) is 0 Å². The van der Waals surface area contributed by atoms with E-state index >= 15 is 0 Å². The zero-order valence-electron chi connectivity index (χ0n) is 12.5. The third-order valence-electron chi connectivity index (χ3n) is 4.82. The van der Waals surface area contributed by atoms with Gasteiger partial charge in [0, 0.05) is 25.4 Å². The Morgan fingerprint density at radius 2 is 1.82 bits per heavy atom. The van der Waals surface area contributed by atoms with Crippen LogP contribution in [0, 0.1) is 17.7 Å². The second-order valence-electron chi connectivity index (χ2n) is 6.44. The van der Waals surface area contributed by atoms with Crippen LogP contribution < -0.4 is 5.73 Å². The third kappa shape index (κ3) is 3.29. The van der Waals surface area contributed by atoms with E-state index in [1.165, 1.54) is 12.1 Å². The summed E-state index contributed by atoms with van der Waals surface area (Å²) in [5.41, 5.74) is 6.27. The summed E-state index contributed by atoms with van der Waals surface area (Å²) >= 11 is 0. The van der Waals surface area contributed by atoms with Crippen LogP contribution in [0.5, 0.6) is 0 Å². The van der Waals surface area contributed by atoms with E-state index in [1.807, 2.05) is 4.90 Å². The molecule has 1 saturated heterocycles. The largest absolute Gasteiger partial charge is 0.370 e. The number of carbonyl (C=O) groups excluding carboxylic acids is 2. The highest BCUT2D eigenvalue weighted by atomic mass is 19.1. The Hall–Kier alpha value is -1.91. The van der Waals surface area contributed by atoms with Crippen molar-refractivity contribution < 1.29 is 14.0 Å². The fourth-order valence-electron chi connectivity index (χ4n) is 3.42. The van der Waals surface area contributed by atoms with E-state index in [0.717, 1.165) is 24.8 Å². The topological polar surface area (TPSA) is 63.4 Å². The molecular formula is C17H21FN2O2. The van der Waals surface area contributed by atoms with Crippen molar-refractivity contribution in [3.05, 3.63) is 35.6 Å². The molecule has 0 spiro atoms. The van der Waals surface area contributed by atoms with E-state index < -0.39 is 0 Å². The Morgan fingerprint density at radius 3 is 2.41 bits per heavy atom. The molecule has 2 N–H and O–H groups in total. The summed E-state index contributed by atoms with van der Waals surface area (Å²) in [4.78, 5) is 25.3. The Bertz CT molecular complexity index is 565. The Morgan fingerprint density at radius 1 is 1.18 bits per heavy atom. The van der Waals surface area contributed by atoms with Gasteiger partial charge in [0.05, 0.1) is 0 Å². The van der Waals surface area contributed by atoms with Gasteiger partial charge in [-0.25, -0.2) is 4.39 Å². The molecule has 2 amide bonds. The van der Waals surface area contributed by atoms with Crippen molar-refractivity contribution >= 4 is 11.8 Å². The molecule has 1 aliphatic heterocycles. The molecule has 118 valence electrons. The first-order chi connectivity index (χ1) is 10.5. The smallest absolute Gasteiger partial charge is 0.226 e. The van der Waals surface area contributed by atoms with Gasteiger partial charge in [0.15, 0.2) is 0 Å². The number of nitrogens with two attached hydrogens (primary N) is 1. The highest BCUT2D eigenvalue weighted by Gasteiger charge is 2.46. The van der Waals surface area contributed by atoms with E-state index in [0.29, 0.717) is 25.4 Å². The van der Waals surface area contributed by atoms with Crippen LogP contribution in [0.4, 0.5) is 4.39 Å². The number of amides is 2. The van der Waals surface area contributed by atoms with Gasteiger partial charge in [-0.1, -0.05) is 12.1 Å². The van der Waals surface area contributed by atoms with E-state index in [1.54, 1.807) is 12.1 Å². The summed E-state index contributed by atoms with van der Waals surface area (Å²) in [5, 5.41) is 0. The quantitative estimate of drug-likeness (QED) is 0.925. The zero-order valence-corrected chi connectivity index (χ0v) is 12.5. The first-order valence-corrected chi connectivity index (χ1v) is 7.87. The van der Waals surface area contributed by atoms with Gasteiger partial charge in [-0.2, -0.15) is 0 Å². The minimum absolute atomic E-state index is 0.0400. The molecule has 2 fully saturated rings. The maximum absolute atomic E-state index is 12.9. The summed E-state index contributed by atoms with van der Waals surface area (Å²) in [5.74, 6) is 0.280. The molecule has 0 unspecified atom stereocenters. The van der Waals surface area contributed by atoms with Crippen molar-refractivity contribution in [2.24, 2.45) is 17.6 Å². The third-order valence-corrected chi connectivity index (χ3v) is 4.82. The van der Waals surface area contributed by atoms with Gasteiger partial charge in [0.2, 0.25) is 11.8 Å². The highest BCUT2D eigenvalue weighted by Crippen LogP contribution is 2.48. The average Bonchev–Trinajstić information content (AvgIpc) is 3.28. The predicted octanol–water partition coefficient (Wildman–Crippen LogP) is 2.04. The molecule has 1 aromatic carbocycles. The SMILES string of the molecule is NC(=O)CC1CCN(C(=O)[C@H]2C[C@@H]2c2ccc(F)cc2)CC1. The van der Waals surface area contributed by atoms with Gasteiger partial charge < -0.3 is 10.6 Å². The normalized spacial score (nSPS) is 25.0. The first-order valence-electron chi connectivity index (χ1n) is 7.87. The van der Waals surface area contributed by atoms with Crippen molar-refractivity contribution in [1.29, 1.82) is 0 Å². The molecule has 5 heteroatoms. The summed E-state index contributed by atoms with van der Waals surface area (Å²) in [6.07, 6.45) is 2.97. The molecule has 1 saturated carbocycles.